The van der Waals surface area contributed by atoms with Crippen LogP contribution >= 0.6 is 15.9 Å². The molecule has 228 valence electrons. The third-order valence-electron chi connectivity index (χ3n) is 8.09. The van der Waals surface area contributed by atoms with Crippen molar-refractivity contribution in [3.63, 3.8) is 0 Å². The molecule has 0 bridgehead atoms. The maximum atomic E-state index is 14.3. The molecule has 0 saturated carbocycles. The molecule has 7 heteroatoms. The second kappa shape index (κ2) is 12.5. The van der Waals surface area contributed by atoms with Crippen molar-refractivity contribution >= 4 is 51.2 Å². The Kier molecular flexibility index (Phi) is 7.98. The van der Waals surface area contributed by atoms with E-state index < -0.39 is 17.8 Å². The summed E-state index contributed by atoms with van der Waals surface area (Å²) in [6.45, 7) is 1.93. The minimum atomic E-state index is -0.729. The summed E-state index contributed by atoms with van der Waals surface area (Å²) >= 11 is 3.56. The predicted octanol–water partition coefficient (Wildman–Crippen LogP) is 9.47. The molecule has 0 unspecified atom stereocenters. The van der Waals surface area contributed by atoms with Gasteiger partial charge in [-0.15, -0.1) is 0 Å². The molecule has 0 aliphatic carbocycles. The lowest BCUT2D eigenvalue weighted by Crippen LogP contribution is -2.57. The number of amides is 4. The Morgan fingerprint density at radius 2 is 1.04 bits per heavy atom. The van der Waals surface area contributed by atoms with Crippen LogP contribution in [0.15, 0.2) is 156 Å². The lowest BCUT2D eigenvalue weighted by atomic mass is 10.0. The summed E-state index contributed by atoms with van der Waals surface area (Å²) in [6.07, 6.45) is 1.62. The lowest BCUT2D eigenvalue weighted by molar-refractivity contribution is -0.121. The first-order valence-corrected chi connectivity index (χ1v) is 15.9. The molecule has 5 aromatic carbocycles. The molecule has 1 saturated heterocycles. The van der Waals surface area contributed by atoms with Gasteiger partial charge in [-0.25, -0.2) is 14.6 Å². The maximum absolute atomic E-state index is 14.3. The van der Waals surface area contributed by atoms with Crippen molar-refractivity contribution in [3.05, 3.63) is 167 Å². The molecule has 1 aliphatic heterocycles. The normalized spacial score (nSPS) is 14.3. The van der Waals surface area contributed by atoms with Crippen molar-refractivity contribution in [2.75, 3.05) is 9.80 Å². The van der Waals surface area contributed by atoms with E-state index in [1.165, 1.54) is 0 Å². The summed E-state index contributed by atoms with van der Waals surface area (Å²) in [6, 6.07) is 44.9. The standard InChI is InChI=1S/C40H28BrN3O3/c1-27-17-21-34(22-18-27)44-39(46)35(38(45)43(40(44)47)32-15-9-4-10-16-32)25-30-26-36(28-11-5-2-6-12-28)42(33-23-19-31(41)20-24-33)37(30)29-13-7-3-8-14-29/h2-26H,1H3/b35-25-. The molecule has 2 heterocycles. The van der Waals surface area contributed by atoms with Crippen molar-refractivity contribution in [1.82, 2.24) is 4.57 Å². The number of aromatic nitrogens is 1. The van der Waals surface area contributed by atoms with Crippen LogP contribution in [0.25, 0.3) is 34.3 Å². The van der Waals surface area contributed by atoms with Gasteiger partial charge >= 0.3 is 6.03 Å². The second-order valence-corrected chi connectivity index (χ2v) is 12.1. The molecule has 0 spiro atoms. The van der Waals surface area contributed by atoms with Crippen LogP contribution in [0, 0.1) is 6.92 Å². The van der Waals surface area contributed by atoms with Crippen molar-refractivity contribution in [1.29, 1.82) is 0 Å². The third kappa shape index (κ3) is 5.62. The third-order valence-corrected chi connectivity index (χ3v) is 8.62. The Labute approximate surface area is 281 Å². The smallest absolute Gasteiger partial charge is 0.309 e. The number of hydrogen-bond donors (Lipinski definition) is 0. The number of halogens is 1. The fourth-order valence-electron chi connectivity index (χ4n) is 5.82. The number of benzene rings is 5. The number of hydrogen-bond acceptors (Lipinski definition) is 3. The number of imide groups is 2. The van der Waals surface area contributed by atoms with Crippen LogP contribution in [0.5, 0.6) is 0 Å². The van der Waals surface area contributed by atoms with Gasteiger partial charge in [0.25, 0.3) is 11.8 Å². The summed E-state index contributed by atoms with van der Waals surface area (Å²) in [5.41, 5.74) is 6.69. The van der Waals surface area contributed by atoms with Crippen molar-refractivity contribution in [2.24, 2.45) is 0 Å². The number of nitrogens with zero attached hydrogens (tertiary/aromatic N) is 3. The second-order valence-electron chi connectivity index (χ2n) is 11.2. The fraction of sp³-hybridized carbons (Fsp3) is 0.0250. The molecule has 0 atom stereocenters. The number of rotatable bonds is 6. The van der Waals surface area contributed by atoms with E-state index in [4.69, 9.17) is 0 Å². The number of para-hydroxylation sites is 1. The molecular weight excluding hydrogens is 650 g/mol. The molecule has 0 radical (unpaired) electrons. The van der Waals surface area contributed by atoms with Gasteiger partial charge in [-0.05, 0) is 78.7 Å². The zero-order valence-corrected chi connectivity index (χ0v) is 27.0. The van der Waals surface area contributed by atoms with Crippen molar-refractivity contribution in [2.45, 2.75) is 6.92 Å². The number of carbonyl (C=O) groups is 3. The van der Waals surface area contributed by atoms with Gasteiger partial charge in [0, 0.05) is 15.7 Å². The van der Waals surface area contributed by atoms with Gasteiger partial charge < -0.3 is 4.57 Å². The number of anilines is 2. The molecule has 7 rings (SSSR count). The van der Waals surface area contributed by atoms with E-state index in [0.29, 0.717) is 16.9 Å². The first kappa shape index (κ1) is 29.9. The van der Waals surface area contributed by atoms with Gasteiger partial charge in [-0.3, -0.25) is 9.59 Å². The predicted molar refractivity (Wildman–Crippen MR) is 190 cm³/mol. The minimum absolute atomic E-state index is 0.126. The largest absolute Gasteiger partial charge is 0.343 e. The molecule has 1 aliphatic rings. The Balaban J connectivity index is 1.50. The molecule has 47 heavy (non-hydrogen) atoms. The maximum Gasteiger partial charge on any atom is 0.343 e. The molecule has 4 amide bonds. The summed E-state index contributed by atoms with van der Waals surface area (Å²) in [4.78, 5) is 44.7. The monoisotopic (exact) mass is 677 g/mol. The summed E-state index contributed by atoms with van der Waals surface area (Å²) in [5, 5.41) is 0. The zero-order valence-electron chi connectivity index (χ0n) is 25.4. The zero-order chi connectivity index (χ0) is 32.5. The van der Waals surface area contributed by atoms with Crippen LogP contribution in [0.1, 0.15) is 11.1 Å². The molecule has 6 nitrogen and oxygen atoms in total. The van der Waals surface area contributed by atoms with Gasteiger partial charge in [0.15, 0.2) is 0 Å². The topological polar surface area (TPSA) is 62.6 Å². The molecule has 6 aromatic rings. The molecular formula is C40H28BrN3O3. The van der Waals surface area contributed by atoms with E-state index in [-0.39, 0.29) is 5.57 Å². The first-order valence-electron chi connectivity index (χ1n) is 15.1. The van der Waals surface area contributed by atoms with Crippen LogP contribution < -0.4 is 9.80 Å². The highest BCUT2D eigenvalue weighted by Crippen LogP contribution is 2.39. The fourth-order valence-corrected chi connectivity index (χ4v) is 6.09. The molecule has 0 N–H and O–H groups in total. The van der Waals surface area contributed by atoms with Gasteiger partial charge in [-0.2, -0.15) is 0 Å². The molecule has 1 aromatic heterocycles. The Hall–Kier alpha value is -5.79. The molecule has 1 fully saturated rings. The number of aryl methyl sites for hydroxylation is 1. The van der Waals surface area contributed by atoms with Crippen molar-refractivity contribution in [3.8, 4) is 28.2 Å². The van der Waals surface area contributed by atoms with Crippen LogP contribution in [-0.4, -0.2) is 22.4 Å². The minimum Gasteiger partial charge on any atom is -0.309 e. The number of urea groups is 1. The lowest BCUT2D eigenvalue weighted by Gasteiger charge is -2.34. The summed E-state index contributed by atoms with van der Waals surface area (Å²) in [7, 11) is 0. The highest BCUT2D eigenvalue weighted by Gasteiger charge is 2.44. The van der Waals surface area contributed by atoms with Crippen molar-refractivity contribution < 1.29 is 14.4 Å². The van der Waals surface area contributed by atoms with E-state index in [1.807, 2.05) is 116 Å². The average Bonchev–Trinajstić information content (AvgIpc) is 3.48. The van der Waals surface area contributed by atoms with Gasteiger partial charge in [0.2, 0.25) is 0 Å². The quantitative estimate of drug-likeness (QED) is 0.130. The summed E-state index contributed by atoms with van der Waals surface area (Å²) in [5.74, 6) is -1.38. The van der Waals surface area contributed by atoms with Crippen LogP contribution in [-0.2, 0) is 9.59 Å². The Morgan fingerprint density at radius 1 is 0.553 bits per heavy atom. The van der Waals surface area contributed by atoms with E-state index in [9.17, 15) is 14.4 Å². The van der Waals surface area contributed by atoms with Crippen LogP contribution in [0.2, 0.25) is 0 Å². The Morgan fingerprint density at radius 3 is 1.62 bits per heavy atom. The number of carbonyl (C=O) groups excluding carboxylic acids is 3. The SMILES string of the molecule is Cc1ccc(N2C(=O)/C(=C\c3cc(-c4ccccc4)n(-c4ccc(Br)cc4)c3-c3ccccc3)C(=O)N(c3ccccc3)C2=O)cc1. The van der Waals surface area contributed by atoms with Gasteiger partial charge in [0.05, 0.1) is 22.8 Å². The van der Waals surface area contributed by atoms with Crippen LogP contribution in [0.4, 0.5) is 16.2 Å². The van der Waals surface area contributed by atoms with Gasteiger partial charge in [0.1, 0.15) is 5.57 Å². The summed E-state index contributed by atoms with van der Waals surface area (Å²) < 4.78 is 3.08. The highest BCUT2D eigenvalue weighted by molar-refractivity contribution is 9.10. The highest BCUT2D eigenvalue weighted by atomic mass is 79.9. The Bertz CT molecular complexity index is 2140. The van der Waals surface area contributed by atoms with E-state index in [0.717, 1.165) is 48.0 Å². The van der Waals surface area contributed by atoms with E-state index >= 15 is 0 Å². The van der Waals surface area contributed by atoms with E-state index in [2.05, 4.69) is 20.5 Å². The average molecular weight is 679 g/mol. The van der Waals surface area contributed by atoms with Crippen LogP contribution in [0.3, 0.4) is 0 Å². The van der Waals surface area contributed by atoms with Gasteiger partial charge in [-0.1, -0.05) is 112 Å². The van der Waals surface area contributed by atoms with E-state index in [1.54, 1.807) is 42.5 Å². The number of barbiturate groups is 1. The first-order chi connectivity index (χ1) is 22.9.